The van der Waals surface area contributed by atoms with Gasteiger partial charge in [0.1, 0.15) is 11.5 Å². The number of ether oxygens (including phenoxy) is 3. The number of hydrogen-bond acceptors (Lipinski definition) is 4. The van der Waals surface area contributed by atoms with E-state index >= 15 is 0 Å². The average molecular weight is 329 g/mol. The van der Waals surface area contributed by atoms with E-state index in [0.717, 1.165) is 0 Å². The standard InChI is InChI=1S/C17H25ClO4/c1-10(2)20-15-9-16(21-11(3)4)14(18)7-13(15)8-17(19)22-12(5)6/h7,9-12H,8H2,1-6H3. The van der Waals surface area contributed by atoms with Crippen LogP contribution in [0.25, 0.3) is 0 Å². The van der Waals surface area contributed by atoms with Crippen LogP contribution in [0, 0.1) is 0 Å². The first-order valence-corrected chi connectivity index (χ1v) is 7.92. The Morgan fingerprint density at radius 2 is 1.50 bits per heavy atom. The maximum Gasteiger partial charge on any atom is 0.310 e. The van der Waals surface area contributed by atoms with Crippen molar-refractivity contribution in [2.24, 2.45) is 0 Å². The van der Waals surface area contributed by atoms with E-state index in [0.29, 0.717) is 22.1 Å². The smallest absolute Gasteiger partial charge is 0.310 e. The van der Waals surface area contributed by atoms with Crippen LogP contribution in [0.4, 0.5) is 0 Å². The van der Waals surface area contributed by atoms with Crippen molar-refractivity contribution in [2.75, 3.05) is 0 Å². The van der Waals surface area contributed by atoms with Crippen LogP contribution in [-0.2, 0) is 16.0 Å². The fourth-order valence-electron chi connectivity index (χ4n) is 1.88. The van der Waals surface area contributed by atoms with Crippen molar-refractivity contribution in [3.05, 3.63) is 22.7 Å². The van der Waals surface area contributed by atoms with Crippen LogP contribution in [0.3, 0.4) is 0 Å². The highest BCUT2D eigenvalue weighted by Crippen LogP contribution is 2.34. The summed E-state index contributed by atoms with van der Waals surface area (Å²) in [5, 5.41) is 0.456. The Morgan fingerprint density at radius 1 is 0.955 bits per heavy atom. The molecule has 0 radical (unpaired) electrons. The monoisotopic (exact) mass is 328 g/mol. The molecule has 1 aromatic carbocycles. The first kappa shape index (κ1) is 18.6. The summed E-state index contributed by atoms with van der Waals surface area (Å²) in [6.07, 6.45) is -0.0582. The molecular weight excluding hydrogens is 304 g/mol. The predicted octanol–water partition coefficient (Wildman–Crippen LogP) is 4.41. The molecule has 4 nitrogen and oxygen atoms in total. The number of halogens is 1. The summed E-state index contributed by atoms with van der Waals surface area (Å²) in [7, 11) is 0. The molecule has 1 aromatic rings. The lowest BCUT2D eigenvalue weighted by Gasteiger charge is -2.18. The molecule has 0 aliphatic rings. The minimum Gasteiger partial charge on any atom is -0.491 e. The van der Waals surface area contributed by atoms with Crippen LogP contribution in [0.5, 0.6) is 11.5 Å². The van der Waals surface area contributed by atoms with Crippen LogP contribution in [0.1, 0.15) is 47.1 Å². The highest BCUT2D eigenvalue weighted by molar-refractivity contribution is 6.32. The van der Waals surface area contributed by atoms with Crippen LogP contribution in [0.2, 0.25) is 5.02 Å². The van der Waals surface area contributed by atoms with Crippen molar-refractivity contribution < 1.29 is 19.0 Å². The lowest BCUT2D eigenvalue weighted by molar-refractivity contribution is -0.146. The molecule has 0 fully saturated rings. The van der Waals surface area contributed by atoms with E-state index < -0.39 is 0 Å². The number of carbonyl (C=O) groups is 1. The number of carbonyl (C=O) groups excluding carboxylic acids is 1. The molecule has 0 bridgehead atoms. The first-order valence-electron chi connectivity index (χ1n) is 7.54. The summed E-state index contributed by atoms with van der Waals surface area (Å²) in [5.74, 6) is 0.834. The van der Waals surface area contributed by atoms with E-state index in [9.17, 15) is 4.79 Å². The largest absolute Gasteiger partial charge is 0.491 e. The zero-order valence-corrected chi connectivity index (χ0v) is 14.9. The Labute approximate surface area is 137 Å². The molecule has 0 atom stereocenters. The Balaban J connectivity index is 3.08. The van der Waals surface area contributed by atoms with E-state index in [1.54, 1.807) is 12.1 Å². The Kier molecular flexibility index (Phi) is 7.01. The van der Waals surface area contributed by atoms with E-state index in [1.165, 1.54) is 0 Å². The van der Waals surface area contributed by atoms with Crippen LogP contribution < -0.4 is 9.47 Å². The number of esters is 1. The normalized spacial score (nSPS) is 11.2. The quantitative estimate of drug-likeness (QED) is 0.695. The van der Waals surface area contributed by atoms with Crippen molar-refractivity contribution in [1.29, 1.82) is 0 Å². The first-order chi connectivity index (χ1) is 10.2. The molecular formula is C17H25ClO4. The summed E-state index contributed by atoms with van der Waals surface area (Å²) in [6, 6.07) is 3.44. The minimum atomic E-state index is -0.308. The van der Waals surface area contributed by atoms with Crippen molar-refractivity contribution in [3.8, 4) is 11.5 Å². The van der Waals surface area contributed by atoms with Gasteiger partial charge in [-0.1, -0.05) is 11.6 Å². The summed E-state index contributed by atoms with van der Waals surface area (Å²) >= 11 is 6.24. The summed E-state index contributed by atoms with van der Waals surface area (Å²) < 4.78 is 16.6. The molecule has 1 rings (SSSR count). The molecule has 0 aliphatic carbocycles. The van der Waals surface area contributed by atoms with Gasteiger partial charge in [-0.15, -0.1) is 0 Å². The summed E-state index contributed by atoms with van der Waals surface area (Å²) in [6.45, 7) is 11.3. The van der Waals surface area contributed by atoms with Crippen molar-refractivity contribution >= 4 is 17.6 Å². The number of rotatable bonds is 7. The lowest BCUT2D eigenvalue weighted by atomic mass is 10.1. The van der Waals surface area contributed by atoms with Gasteiger partial charge in [0.2, 0.25) is 0 Å². The maximum atomic E-state index is 11.9. The third-order valence-electron chi connectivity index (χ3n) is 2.54. The molecule has 0 heterocycles. The van der Waals surface area contributed by atoms with Gasteiger partial charge in [0, 0.05) is 11.6 Å². The average Bonchev–Trinajstić information content (AvgIpc) is 2.32. The molecule has 0 amide bonds. The van der Waals surface area contributed by atoms with E-state index in [1.807, 2.05) is 41.5 Å². The second-order valence-electron chi connectivity index (χ2n) is 5.94. The van der Waals surface area contributed by atoms with Gasteiger partial charge in [0.25, 0.3) is 0 Å². The molecule has 0 aliphatic heterocycles. The highest BCUT2D eigenvalue weighted by Gasteiger charge is 2.17. The molecule has 0 aromatic heterocycles. The van der Waals surface area contributed by atoms with Crippen molar-refractivity contribution in [2.45, 2.75) is 66.3 Å². The minimum absolute atomic E-state index is 0.00107. The van der Waals surface area contributed by atoms with Gasteiger partial charge in [-0.25, -0.2) is 0 Å². The van der Waals surface area contributed by atoms with Gasteiger partial charge >= 0.3 is 5.97 Å². The van der Waals surface area contributed by atoms with E-state index in [-0.39, 0.29) is 30.7 Å². The van der Waals surface area contributed by atoms with Crippen LogP contribution in [0.15, 0.2) is 12.1 Å². The topological polar surface area (TPSA) is 44.8 Å². The maximum absolute atomic E-state index is 11.9. The van der Waals surface area contributed by atoms with Crippen molar-refractivity contribution in [3.63, 3.8) is 0 Å². The van der Waals surface area contributed by atoms with Crippen LogP contribution in [-0.4, -0.2) is 24.3 Å². The summed E-state index contributed by atoms with van der Waals surface area (Å²) in [4.78, 5) is 11.9. The van der Waals surface area contributed by atoms with E-state index in [4.69, 9.17) is 25.8 Å². The highest BCUT2D eigenvalue weighted by atomic mass is 35.5. The molecule has 0 N–H and O–H groups in total. The van der Waals surface area contributed by atoms with Gasteiger partial charge in [0.15, 0.2) is 0 Å². The summed E-state index contributed by atoms with van der Waals surface area (Å²) in [5.41, 5.74) is 0.695. The number of hydrogen-bond donors (Lipinski definition) is 0. The van der Waals surface area contributed by atoms with Gasteiger partial charge in [-0.3, -0.25) is 4.79 Å². The molecule has 0 saturated carbocycles. The van der Waals surface area contributed by atoms with E-state index in [2.05, 4.69) is 0 Å². The SMILES string of the molecule is CC(C)OC(=O)Cc1cc(Cl)c(OC(C)C)cc1OC(C)C. The van der Waals surface area contributed by atoms with Gasteiger partial charge in [-0.05, 0) is 47.6 Å². The molecule has 0 spiro atoms. The molecule has 0 saturated heterocycles. The Morgan fingerprint density at radius 3 is 2.00 bits per heavy atom. The third kappa shape index (κ3) is 6.14. The zero-order chi connectivity index (χ0) is 16.9. The Hall–Kier alpha value is -1.42. The fourth-order valence-corrected chi connectivity index (χ4v) is 2.11. The van der Waals surface area contributed by atoms with Gasteiger partial charge in [-0.2, -0.15) is 0 Å². The Bertz CT molecular complexity index is 510. The zero-order valence-electron chi connectivity index (χ0n) is 14.1. The molecule has 124 valence electrons. The molecule has 0 unspecified atom stereocenters. The van der Waals surface area contributed by atoms with Crippen LogP contribution >= 0.6 is 11.6 Å². The number of benzene rings is 1. The second kappa shape index (κ2) is 8.28. The third-order valence-corrected chi connectivity index (χ3v) is 2.84. The molecule has 5 heteroatoms. The van der Waals surface area contributed by atoms with Crippen molar-refractivity contribution in [1.82, 2.24) is 0 Å². The lowest BCUT2D eigenvalue weighted by Crippen LogP contribution is -2.16. The fraction of sp³-hybridized carbons (Fsp3) is 0.588. The molecule has 22 heavy (non-hydrogen) atoms. The second-order valence-corrected chi connectivity index (χ2v) is 6.35. The van der Waals surface area contributed by atoms with Gasteiger partial charge in [0.05, 0.1) is 29.8 Å². The predicted molar refractivity (Wildman–Crippen MR) is 87.9 cm³/mol. The van der Waals surface area contributed by atoms with Gasteiger partial charge < -0.3 is 14.2 Å².